The third kappa shape index (κ3) is 3.31. The van der Waals surface area contributed by atoms with Gasteiger partial charge in [-0.05, 0) is 44.2 Å². The van der Waals surface area contributed by atoms with Gasteiger partial charge in [0.15, 0.2) is 0 Å². The van der Waals surface area contributed by atoms with Gasteiger partial charge in [0.1, 0.15) is 5.82 Å². The lowest BCUT2D eigenvalue weighted by molar-refractivity contribution is -0.181. The molecule has 1 saturated heterocycles. The molecule has 8 nitrogen and oxygen atoms in total. The maximum atomic E-state index is 13.2. The number of rotatable bonds is 3. The van der Waals surface area contributed by atoms with Gasteiger partial charge in [0, 0.05) is 54.6 Å². The van der Waals surface area contributed by atoms with Crippen LogP contribution in [-0.2, 0) is 30.4 Å². The molecule has 11 heteroatoms. The molecule has 1 saturated carbocycles. The average molecular weight is 474 g/mol. The first-order valence-corrected chi connectivity index (χ1v) is 11.5. The molecule has 0 atom stereocenters. The van der Waals surface area contributed by atoms with Crippen LogP contribution >= 0.6 is 0 Å². The number of aryl methyl sites for hydroxylation is 1. The smallest absolute Gasteiger partial charge is 0.380 e. The lowest BCUT2D eigenvalue weighted by atomic mass is 9.61. The quantitative estimate of drug-likeness (QED) is 0.581. The lowest BCUT2D eigenvalue weighted by Crippen LogP contribution is -2.53. The summed E-state index contributed by atoms with van der Waals surface area (Å²) in [6, 6.07) is 1.17. The third-order valence-corrected chi connectivity index (χ3v) is 7.60. The van der Waals surface area contributed by atoms with Crippen molar-refractivity contribution in [2.75, 3.05) is 24.7 Å². The van der Waals surface area contributed by atoms with Crippen LogP contribution < -0.4 is 10.6 Å². The number of anilines is 1. The largest absolute Gasteiger partial charge is 0.417 e. The average Bonchev–Trinajstić information content (AvgIpc) is 3.05. The molecule has 0 amide bonds. The van der Waals surface area contributed by atoms with Gasteiger partial charge in [0.25, 0.3) is 5.78 Å². The summed E-state index contributed by atoms with van der Waals surface area (Å²) in [6.07, 6.45) is -0.924. The van der Waals surface area contributed by atoms with E-state index in [4.69, 9.17) is 4.74 Å². The van der Waals surface area contributed by atoms with Gasteiger partial charge in [0.05, 0.1) is 18.8 Å². The summed E-state index contributed by atoms with van der Waals surface area (Å²) in [5.41, 5.74) is 2.13. The summed E-state index contributed by atoms with van der Waals surface area (Å²) in [4.78, 5) is 23.8. The van der Waals surface area contributed by atoms with Crippen LogP contribution in [0.3, 0.4) is 0 Å². The van der Waals surface area contributed by atoms with Crippen molar-refractivity contribution in [3.63, 3.8) is 0 Å². The van der Waals surface area contributed by atoms with E-state index in [0.29, 0.717) is 53.7 Å². The van der Waals surface area contributed by atoms with Crippen LogP contribution in [-0.4, -0.2) is 43.9 Å². The van der Waals surface area contributed by atoms with E-state index in [0.717, 1.165) is 43.5 Å². The fourth-order valence-corrected chi connectivity index (χ4v) is 5.62. The van der Waals surface area contributed by atoms with E-state index in [1.807, 2.05) is 18.7 Å². The zero-order valence-corrected chi connectivity index (χ0v) is 19.0. The van der Waals surface area contributed by atoms with Gasteiger partial charge in [-0.1, -0.05) is 0 Å². The standard InChI is InChI=1S/C23H25F3N6O2/c1-13-14(2)32-20(29-31(21(32)33)9-15-6-22(7-15)11-34-12-22)28-19(13)30-4-3-18-16(10-30)5-17(8-27-18)23(24,25)26/h5,8,15H,3-4,6-7,9-12H2,1-2H3. The molecule has 0 N–H and O–H groups in total. The fraction of sp³-hybridized carbons (Fsp3) is 0.565. The summed E-state index contributed by atoms with van der Waals surface area (Å²) in [7, 11) is 0. The van der Waals surface area contributed by atoms with E-state index in [9.17, 15) is 18.0 Å². The first kappa shape index (κ1) is 21.6. The maximum Gasteiger partial charge on any atom is 0.417 e. The zero-order valence-electron chi connectivity index (χ0n) is 19.0. The molecule has 5 heterocycles. The number of fused-ring (bicyclic) bond motifs is 2. The molecule has 1 spiro atoms. The highest BCUT2D eigenvalue weighted by Gasteiger charge is 2.49. The number of halogens is 3. The number of ether oxygens (including phenoxy) is 1. The minimum atomic E-state index is -4.44. The van der Waals surface area contributed by atoms with Crippen LogP contribution in [0, 0.1) is 25.2 Å². The molecule has 6 rings (SSSR count). The Kier molecular flexibility index (Phi) is 4.61. The minimum Gasteiger partial charge on any atom is -0.380 e. The Morgan fingerprint density at radius 3 is 2.68 bits per heavy atom. The molecule has 180 valence electrons. The first-order valence-electron chi connectivity index (χ1n) is 11.5. The van der Waals surface area contributed by atoms with Crippen molar-refractivity contribution in [3.05, 3.63) is 50.8 Å². The molecular formula is C23H25F3N6O2. The summed E-state index contributed by atoms with van der Waals surface area (Å²) in [5, 5.41) is 4.51. The van der Waals surface area contributed by atoms with Crippen molar-refractivity contribution in [3.8, 4) is 0 Å². The predicted octanol–water partition coefficient (Wildman–Crippen LogP) is 2.91. The van der Waals surface area contributed by atoms with E-state index in [1.54, 1.807) is 0 Å². The molecule has 3 aromatic heterocycles. The second-order valence-electron chi connectivity index (χ2n) is 10.0. The molecule has 0 radical (unpaired) electrons. The van der Waals surface area contributed by atoms with Crippen LogP contribution in [0.4, 0.5) is 19.0 Å². The van der Waals surface area contributed by atoms with Crippen molar-refractivity contribution in [1.29, 1.82) is 0 Å². The van der Waals surface area contributed by atoms with Crippen LogP contribution in [0.1, 0.15) is 40.9 Å². The molecule has 2 aliphatic heterocycles. The number of nitrogens with zero attached hydrogens (tertiary/aromatic N) is 6. The number of pyridine rings is 1. The topological polar surface area (TPSA) is 77.6 Å². The SMILES string of the molecule is Cc1c(N2CCc3ncc(C(F)(F)F)cc3C2)nc2nn(CC3CC4(COC4)C3)c(=O)n2c1C. The molecule has 3 aliphatic rings. The highest BCUT2D eigenvalue weighted by molar-refractivity contribution is 5.55. The Labute approximate surface area is 193 Å². The fourth-order valence-electron chi connectivity index (χ4n) is 5.62. The zero-order chi connectivity index (χ0) is 23.8. The van der Waals surface area contributed by atoms with E-state index in [2.05, 4.69) is 15.1 Å². The Morgan fingerprint density at radius 1 is 1.24 bits per heavy atom. The highest BCUT2D eigenvalue weighted by atomic mass is 19.4. The van der Waals surface area contributed by atoms with Crippen molar-refractivity contribution in [2.45, 2.75) is 52.4 Å². The Balaban J connectivity index is 1.30. The van der Waals surface area contributed by atoms with Gasteiger partial charge in [-0.15, -0.1) is 5.10 Å². The first-order chi connectivity index (χ1) is 16.1. The summed E-state index contributed by atoms with van der Waals surface area (Å²) >= 11 is 0. The maximum absolute atomic E-state index is 13.2. The van der Waals surface area contributed by atoms with E-state index in [-0.39, 0.29) is 12.2 Å². The van der Waals surface area contributed by atoms with Crippen molar-refractivity contribution < 1.29 is 17.9 Å². The second kappa shape index (κ2) is 7.27. The van der Waals surface area contributed by atoms with Gasteiger partial charge in [-0.25, -0.2) is 13.9 Å². The van der Waals surface area contributed by atoms with E-state index < -0.39 is 11.7 Å². The van der Waals surface area contributed by atoms with E-state index >= 15 is 0 Å². The summed E-state index contributed by atoms with van der Waals surface area (Å²) in [5.74, 6) is 1.36. The van der Waals surface area contributed by atoms with Crippen LogP contribution in [0.25, 0.3) is 5.78 Å². The highest BCUT2D eigenvalue weighted by Crippen LogP contribution is 2.51. The molecule has 34 heavy (non-hydrogen) atoms. The molecule has 1 aliphatic carbocycles. The molecular weight excluding hydrogens is 449 g/mol. The molecule has 2 fully saturated rings. The van der Waals surface area contributed by atoms with E-state index in [1.165, 1.54) is 15.1 Å². The summed E-state index contributed by atoms with van der Waals surface area (Å²) in [6.45, 7) is 6.76. The van der Waals surface area contributed by atoms with Crippen molar-refractivity contribution in [1.82, 2.24) is 24.1 Å². The molecule has 0 unspecified atom stereocenters. The number of alkyl halides is 3. The molecule has 0 aromatic carbocycles. The summed E-state index contributed by atoms with van der Waals surface area (Å²) < 4.78 is 47.9. The minimum absolute atomic E-state index is 0.205. The van der Waals surface area contributed by atoms with Crippen molar-refractivity contribution in [2.24, 2.45) is 11.3 Å². The monoisotopic (exact) mass is 474 g/mol. The van der Waals surface area contributed by atoms with Gasteiger partial charge < -0.3 is 9.64 Å². The third-order valence-electron chi connectivity index (χ3n) is 7.60. The van der Waals surface area contributed by atoms with Crippen LogP contribution in [0.15, 0.2) is 17.1 Å². The van der Waals surface area contributed by atoms with Gasteiger partial charge in [-0.3, -0.25) is 4.98 Å². The normalized spacial score (nSPS) is 19.9. The number of hydrogen-bond donors (Lipinski definition) is 0. The van der Waals surface area contributed by atoms with Gasteiger partial charge >= 0.3 is 11.9 Å². The van der Waals surface area contributed by atoms with Crippen molar-refractivity contribution >= 4 is 11.6 Å². The predicted molar refractivity (Wildman–Crippen MR) is 117 cm³/mol. The Hall–Kier alpha value is -2.95. The second-order valence-corrected chi connectivity index (χ2v) is 10.0. The number of aromatic nitrogens is 5. The van der Waals surface area contributed by atoms with Crippen LogP contribution in [0.5, 0.6) is 0 Å². The number of hydrogen-bond acceptors (Lipinski definition) is 6. The molecule has 3 aromatic rings. The van der Waals surface area contributed by atoms with Crippen LogP contribution in [0.2, 0.25) is 0 Å². The lowest BCUT2D eigenvalue weighted by Gasteiger charge is -2.53. The van der Waals surface area contributed by atoms with Gasteiger partial charge in [0.2, 0.25) is 0 Å². The molecule has 0 bridgehead atoms. The Bertz CT molecular complexity index is 1350. The Morgan fingerprint density at radius 2 is 2.00 bits per heavy atom. The van der Waals surface area contributed by atoms with Gasteiger partial charge in [-0.2, -0.15) is 18.2 Å².